The summed E-state index contributed by atoms with van der Waals surface area (Å²) < 4.78 is 19.0. The van der Waals surface area contributed by atoms with E-state index in [4.69, 9.17) is 14.2 Å². The Bertz CT molecular complexity index is 1700. The standard InChI is InChI=1S/C31H26O10/c32-15-3-4-17-24(11-15)40-30-16-5-8-21(35)27(38)18(16)12-39-31(30)25(17)26-20(34)7-2-14-10-23(37)28(41-29(14)26)13-1-6-19(33)22(36)9-13/h1-9,11,23,25,28,30-38H,10,12H2. The van der Waals surface area contributed by atoms with Gasteiger partial charge in [0.2, 0.25) is 0 Å². The third-order valence-corrected chi connectivity index (χ3v) is 8.15. The van der Waals surface area contributed by atoms with E-state index in [1.54, 1.807) is 24.3 Å². The maximum absolute atomic E-state index is 11.3. The van der Waals surface area contributed by atoms with Crippen LogP contribution in [0, 0.1) is 0 Å². The highest BCUT2D eigenvalue weighted by atomic mass is 16.5. The summed E-state index contributed by atoms with van der Waals surface area (Å²) in [6.45, 7) is -0.0330. The molecule has 3 aliphatic rings. The molecule has 210 valence electrons. The highest BCUT2D eigenvalue weighted by Crippen LogP contribution is 2.56. The van der Waals surface area contributed by atoms with Crippen molar-refractivity contribution in [3.05, 3.63) is 94.0 Å². The molecule has 0 saturated carbocycles. The van der Waals surface area contributed by atoms with Crippen molar-refractivity contribution in [2.24, 2.45) is 0 Å². The second-order valence-electron chi connectivity index (χ2n) is 10.6. The molecule has 0 aliphatic carbocycles. The first-order valence-corrected chi connectivity index (χ1v) is 13.1. The largest absolute Gasteiger partial charge is 0.508 e. The molecule has 3 aliphatic heterocycles. The topological polar surface area (TPSA) is 169 Å². The second kappa shape index (κ2) is 9.12. The molecule has 10 nitrogen and oxygen atoms in total. The van der Waals surface area contributed by atoms with Gasteiger partial charge in [-0.2, -0.15) is 0 Å². The van der Waals surface area contributed by atoms with Crippen molar-refractivity contribution in [1.82, 2.24) is 0 Å². The Morgan fingerprint density at radius 3 is 2.24 bits per heavy atom. The Morgan fingerprint density at radius 2 is 1.44 bits per heavy atom. The molecule has 7 rings (SSSR count). The fourth-order valence-corrected chi connectivity index (χ4v) is 6.20. The van der Waals surface area contributed by atoms with E-state index in [0.29, 0.717) is 44.9 Å². The summed E-state index contributed by atoms with van der Waals surface area (Å²) in [6.07, 6.45) is -3.21. The quantitative estimate of drug-likeness (QED) is 0.178. The Balaban J connectivity index is 1.40. The minimum Gasteiger partial charge on any atom is -0.508 e. The molecular weight excluding hydrogens is 532 g/mol. The van der Waals surface area contributed by atoms with Gasteiger partial charge in [-0.15, -0.1) is 0 Å². The average Bonchev–Trinajstić information content (AvgIpc) is 2.95. The van der Waals surface area contributed by atoms with E-state index in [1.165, 1.54) is 36.4 Å². The van der Waals surface area contributed by atoms with Crippen LogP contribution in [0.3, 0.4) is 0 Å². The number of ether oxygens (including phenoxy) is 3. The molecule has 0 bridgehead atoms. The van der Waals surface area contributed by atoms with Gasteiger partial charge in [0.05, 0.1) is 18.6 Å². The van der Waals surface area contributed by atoms with Crippen LogP contribution < -0.4 is 9.47 Å². The van der Waals surface area contributed by atoms with Crippen molar-refractivity contribution in [2.45, 2.75) is 43.4 Å². The van der Waals surface area contributed by atoms with Crippen LogP contribution in [0.1, 0.15) is 51.5 Å². The summed E-state index contributed by atoms with van der Waals surface area (Å²) >= 11 is 0. The van der Waals surface area contributed by atoms with E-state index in [9.17, 15) is 35.7 Å². The summed E-state index contributed by atoms with van der Waals surface area (Å²) in [4.78, 5) is 0. The molecule has 0 aromatic heterocycles. The average molecular weight is 559 g/mol. The predicted molar refractivity (Wildman–Crippen MR) is 143 cm³/mol. The zero-order valence-corrected chi connectivity index (χ0v) is 21.4. The summed E-state index contributed by atoms with van der Waals surface area (Å²) in [6, 6.07) is 15.1. The van der Waals surface area contributed by atoms with Crippen LogP contribution in [0.4, 0.5) is 0 Å². The number of hydrogen-bond acceptors (Lipinski definition) is 10. The molecule has 3 heterocycles. The molecule has 10 heteroatoms. The van der Waals surface area contributed by atoms with Crippen molar-refractivity contribution >= 4 is 0 Å². The SMILES string of the molecule is Oc1ccc2c(c1)OC1c3ccc(O)c(O)c3COC1C2c1c(O)ccc2c1OC(c1ccc(O)c(O)c1)C(O)C2. The van der Waals surface area contributed by atoms with Crippen molar-refractivity contribution in [3.63, 3.8) is 0 Å². The first-order valence-electron chi connectivity index (χ1n) is 13.1. The maximum Gasteiger partial charge on any atom is 0.163 e. The Labute approximate surface area is 233 Å². The van der Waals surface area contributed by atoms with Gasteiger partial charge in [-0.1, -0.05) is 24.3 Å². The van der Waals surface area contributed by atoms with Gasteiger partial charge in [0.25, 0.3) is 0 Å². The number of aromatic hydroxyl groups is 6. The van der Waals surface area contributed by atoms with Crippen LogP contribution >= 0.6 is 0 Å². The molecule has 0 amide bonds. The number of fused-ring (bicyclic) bond motifs is 5. The first-order chi connectivity index (χ1) is 19.7. The summed E-state index contributed by atoms with van der Waals surface area (Å²) in [5, 5.41) is 73.0. The van der Waals surface area contributed by atoms with Gasteiger partial charge in [-0.25, -0.2) is 0 Å². The molecule has 0 saturated heterocycles. The Kier molecular flexibility index (Phi) is 5.60. The molecule has 41 heavy (non-hydrogen) atoms. The molecule has 4 aromatic rings. The molecule has 0 radical (unpaired) electrons. The number of hydrogen-bond donors (Lipinski definition) is 7. The lowest BCUT2D eigenvalue weighted by molar-refractivity contribution is -0.0728. The van der Waals surface area contributed by atoms with E-state index >= 15 is 0 Å². The van der Waals surface area contributed by atoms with Gasteiger partial charge in [-0.3, -0.25) is 0 Å². The minimum absolute atomic E-state index is 0.0302. The predicted octanol–water partition coefficient (Wildman–Crippen LogP) is 4.12. The van der Waals surface area contributed by atoms with Crippen molar-refractivity contribution < 1.29 is 50.0 Å². The monoisotopic (exact) mass is 558 g/mol. The summed E-state index contributed by atoms with van der Waals surface area (Å²) in [5.74, 6) is -1.37. The lowest BCUT2D eigenvalue weighted by Crippen LogP contribution is -2.41. The number of phenolic OH excluding ortho intramolecular Hbond substituents is 6. The smallest absolute Gasteiger partial charge is 0.163 e. The number of rotatable bonds is 2. The van der Waals surface area contributed by atoms with Gasteiger partial charge in [-0.05, 0) is 41.5 Å². The number of benzene rings is 4. The highest BCUT2D eigenvalue weighted by molar-refractivity contribution is 5.61. The Hall–Kier alpha value is -4.80. The second-order valence-corrected chi connectivity index (χ2v) is 10.6. The normalized spacial score (nSPS) is 24.2. The third kappa shape index (κ3) is 3.86. The van der Waals surface area contributed by atoms with Crippen molar-refractivity contribution in [3.8, 4) is 46.0 Å². The van der Waals surface area contributed by atoms with Crippen LogP contribution in [0.5, 0.6) is 46.0 Å². The van der Waals surface area contributed by atoms with Gasteiger partial charge in [0, 0.05) is 34.7 Å². The van der Waals surface area contributed by atoms with Gasteiger partial charge in [0.1, 0.15) is 35.2 Å². The van der Waals surface area contributed by atoms with Crippen molar-refractivity contribution in [1.29, 1.82) is 0 Å². The lowest BCUT2D eigenvalue weighted by atomic mass is 9.76. The number of aliphatic hydroxyl groups is 1. The summed E-state index contributed by atoms with van der Waals surface area (Å²) in [7, 11) is 0. The van der Waals surface area contributed by atoms with Crippen LogP contribution in [0.25, 0.3) is 0 Å². The fourth-order valence-electron chi connectivity index (χ4n) is 6.20. The third-order valence-electron chi connectivity index (χ3n) is 8.15. The van der Waals surface area contributed by atoms with E-state index in [1.807, 2.05) is 0 Å². The summed E-state index contributed by atoms with van der Waals surface area (Å²) in [5.41, 5.74) is 3.05. The molecule has 0 spiro atoms. The highest BCUT2D eigenvalue weighted by Gasteiger charge is 2.48. The zero-order chi connectivity index (χ0) is 28.6. The maximum atomic E-state index is 11.3. The van der Waals surface area contributed by atoms with E-state index in [-0.39, 0.29) is 47.5 Å². The van der Waals surface area contributed by atoms with Gasteiger partial charge >= 0.3 is 0 Å². The van der Waals surface area contributed by atoms with Crippen LogP contribution in [0.15, 0.2) is 60.7 Å². The van der Waals surface area contributed by atoms with E-state index < -0.39 is 30.3 Å². The number of aliphatic hydroxyl groups excluding tert-OH is 1. The van der Waals surface area contributed by atoms with E-state index in [2.05, 4.69) is 0 Å². The fraction of sp³-hybridized carbons (Fsp3) is 0.226. The van der Waals surface area contributed by atoms with E-state index in [0.717, 1.165) is 0 Å². The molecule has 0 fully saturated rings. The van der Waals surface area contributed by atoms with Crippen LogP contribution in [0.2, 0.25) is 0 Å². The molecule has 7 N–H and O–H groups in total. The number of phenols is 6. The lowest BCUT2D eigenvalue weighted by Gasteiger charge is -2.44. The van der Waals surface area contributed by atoms with Crippen LogP contribution in [-0.4, -0.2) is 48.0 Å². The molecule has 4 aromatic carbocycles. The van der Waals surface area contributed by atoms with Crippen LogP contribution in [-0.2, 0) is 17.8 Å². The van der Waals surface area contributed by atoms with Crippen molar-refractivity contribution in [2.75, 3.05) is 0 Å². The van der Waals surface area contributed by atoms with Gasteiger partial charge in [0.15, 0.2) is 29.1 Å². The Morgan fingerprint density at radius 1 is 0.683 bits per heavy atom. The van der Waals surface area contributed by atoms with Gasteiger partial charge < -0.3 is 50.0 Å². The molecule has 5 unspecified atom stereocenters. The molecule has 5 atom stereocenters. The minimum atomic E-state index is -0.982. The first kappa shape index (κ1) is 25.2. The molecular formula is C31H26O10. The zero-order valence-electron chi connectivity index (χ0n) is 21.4.